The Morgan fingerprint density at radius 3 is 2.73 bits per heavy atom. The number of carbonyl (C=O) groups excluding carboxylic acids is 1. The number of hydrogen-bond acceptors (Lipinski definition) is 2. The van der Waals surface area contributed by atoms with Gasteiger partial charge in [-0.15, -0.1) is 0 Å². The van der Waals surface area contributed by atoms with Crippen LogP contribution in [0.4, 0.5) is 0 Å². The molecular weight excluding hydrogens is 256 g/mol. The summed E-state index contributed by atoms with van der Waals surface area (Å²) in [5.74, 6) is 0.0440. The number of carbonyl (C=O) groups is 1. The van der Waals surface area contributed by atoms with Gasteiger partial charge in [0, 0.05) is 31.0 Å². The van der Waals surface area contributed by atoms with Gasteiger partial charge < -0.3 is 10.6 Å². The van der Waals surface area contributed by atoms with E-state index in [0.29, 0.717) is 6.42 Å². The van der Waals surface area contributed by atoms with Gasteiger partial charge in [0.15, 0.2) is 0 Å². The zero-order chi connectivity index (χ0) is 11.4. The number of rotatable bonds is 3. The predicted octanol–water partition coefficient (Wildman–Crippen LogP) is 1.93. The maximum atomic E-state index is 11.4. The Kier molecular flexibility index (Phi) is 4.29. The molecule has 0 heterocycles. The molecule has 1 aromatic rings. The van der Waals surface area contributed by atoms with Crippen LogP contribution in [0.1, 0.15) is 18.0 Å². The van der Waals surface area contributed by atoms with Gasteiger partial charge in [-0.1, -0.05) is 28.1 Å². The molecule has 2 N–H and O–H groups in total. The molecule has 1 unspecified atom stereocenters. The van der Waals surface area contributed by atoms with Crippen LogP contribution in [-0.4, -0.2) is 24.9 Å². The number of nitrogens with zero attached hydrogens (tertiary/aromatic N) is 1. The Labute approximate surface area is 98.4 Å². The van der Waals surface area contributed by atoms with Crippen LogP contribution in [0.25, 0.3) is 0 Å². The highest BCUT2D eigenvalue weighted by molar-refractivity contribution is 9.10. The third kappa shape index (κ3) is 3.64. The van der Waals surface area contributed by atoms with E-state index in [9.17, 15) is 4.79 Å². The fraction of sp³-hybridized carbons (Fsp3) is 0.364. The van der Waals surface area contributed by atoms with E-state index in [2.05, 4.69) is 15.9 Å². The summed E-state index contributed by atoms with van der Waals surface area (Å²) in [7, 11) is 3.46. The Hall–Kier alpha value is -0.870. The second-order valence-electron chi connectivity index (χ2n) is 3.65. The number of halogens is 1. The second kappa shape index (κ2) is 5.28. The highest BCUT2D eigenvalue weighted by atomic mass is 79.9. The van der Waals surface area contributed by atoms with Crippen molar-refractivity contribution >= 4 is 21.8 Å². The average Bonchev–Trinajstić information content (AvgIpc) is 2.17. The second-order valence-corrected chi connectivity index (χ2v) is 4.57. The van der Waals surface area contributed by atoms with Gasteiger partial charge in [0.25, 0.3) is 0 Å². The van der Waals surface area contributed by atoms with E-state index >= 15 is 0 Å². The molecule has 82 valence electrons. The van der Waals surface area contributed by atoms with E-state index in [1.165, 1.54) is 0 Å². The normalized spacial score (nSPS) is 12.3. The summed E-state index contributed by atoms with van der Waals surface area (Å²) < 4.78 is 0.979. The molecule has 1 atom stereocenters. The Morgan fingerprint density at radius 1 is 1.53 bits per heavy atom. The zero-order valence-electron chi connectivity index (χ0n) is 8.90. The molecule has 0 aliphatic rings. The van der Waals surface area contributed by atoms with Crippen LogP contribution in [0.2, 0.25) is 0 Å². The van der Waals surface area contributed by atoms with E-state index < -0.39 is 0 Å². The van der Waals surface area contributed by atoms with Gasteiger partial charge >= 0.3 is 0 Å². The lowest BCUT2D eigenvalue weighted by molar-refractivity contribution is -0.129. The maximum Gasteiger partial charge on any atom is 0.223 e. The van der Waals surface area contributed by atoms with Crippen molar-refractivity contribution in [3.63, 3.8) is 0 Å². The first-order valence-electron chi connectivity index (χ1n) is 4.72. The first kappa shape index (κ1) is 12.2. The minimum atomic E-state index is -0.239. The van der Waals surface area contributed by atoms with Crippen LogP contribution in [0, 0.1) is 0 Å². The van der Waals surface area contributed by atoms with Crippen LogP contribution in [0.3, 0.4) is 0 Å². The van der Waals surface area contributed by atoms with Crippen molar-refractivity contribution in [3.05, 3.63) is 34.3 Å². The zero-order valence-corrected chi connectivity index (χ0v) is 10.5. The summed E-state index contributed by atoms with van der Waals surface area (Å²) in [5, 5.41) is 0. The van der Waals surface area contributed by atoms with Crippen LogP contribution in [0.15, 0.2) is 28.7 Å². The third-order valence-electron chi connectivity index (χ3n) is 2.17. The van der Waals surface area contributed by atoms with Gasteiger partial charge in [-0.25, -0.2) is 0 Å². The molecule has 0 saturated heterocycles. The van der Waals surface area contributed by atoms with Crippen molar-refractivity contribution in [2.75, 3.05) is 14.1 Å². The Balaban J connectivity index is 2.69. The first-order chi connectivity index (χ1) is 7.00. The predicted molar refractivity (Wildman–Crippen MR) is 64.4 cm³/mol. The number of benzene rings is 1. The molecule has 1 aromatic carbocycles. The average molecular weight is 271 g/mol. The summed E-state index contributed by atoms with van der Waals surface area (Å²) in [6, 6.07) is 7.48. The highest BCUT2D eigenvalue weighted by Gasteiger charge is 2.12. The number of hydrogen-bond donors (Lipinski definition) is 1. The minimum Gasteiger partial charge on any atom is -0.349 e. The first-order valence-corrected chi connectivity index (χ1v) is 5.51. The van der Waals surface area contributed by atoms with Crippen molar-refractivity contribution in [3.8, 4) is 0 Å². The lowest BCUT2D eigenvalue weighted by atomic mass is 10.0. The molecular formula is C11H15BrN2O. The summed E-state index contributed by atoms with van der Waals surface area (Å²) >= 11 is 3.37. The van der Waals surface area contributed by atoms with Crippen molar-refractivity contribution < 1.29 is 4.79 Å². The van der Waals surface area contributed by atoms with E-state index in [1.54, 1.807) is 19.0 Å². The van der Waals surface area contributed by atoms with Crippen LogP contribution in [0.5, 0.6) is 0 Å². The van der Waals surface area contributed by atoms with Crippen molar-refractivity contribution in [1.82, 2.24) is 4.90 Å². The summed E-state index contributed by atoms with van der Waals surface area (Å²) in [6.07, 6.45) is 0.337. The van der Waals surface area contributed by atoms with E-state index in [0.717, 1.165) is 10.0 Å². The fourth-order valence-corrected chi connectivity index (χ4v) is 1.64. The molecule has 0 aliphatic carbocycles. The molecule has 0 radical (unpaired) electrons. The van der Waals surface area contributed by atoms with E-state index in [1.807, 2.05) is 24.3 Å². The number of amides is 1. The molecule has 0 spiro atoms. The standard InChI is InChI=1S/C11H15BrN2O/c1-14(2)11(15)7-10(13)8-4-3-5-9(12)6-8/h3-6,10H,7,13H2,1-2H3. The lowest BCUT2D eigenvalue weighted by Gasteiger charge is -2.15. The largest absolute Gasteiger partial charge is 0.349 e. The molecule has 0 aromatic heterocycles. The topological polar surface area (TPSA) is 46.3 Å². The molecule has 4 heteroatoms. The summed E-state index contributed by atoms with van der Waals surface area (Å²) in [6.45, 7) is 0. The van der Waals surface area contributed by atoms with Crippen LogP contribution in [-0.2, 0) is 4.79 Å². The molecule has 0 bridgehead atoms. The summed E-state index contributed by atoms with van der Waals surface area (Å²) in [5.41, 5.74) is 6.91. The van der Waals surface area contributed by atoms with Gasteiger partial charge in [-0.05, 0) is 17.7 Å². The monoisotopic (exact) mass is 270 g/mol. The van der Waals surface area contributed by atoms with E-state index in [-0.39, 0.29) is 11.9 Å². The van der Waals surface area contributed by atoms with Crippen molar-refractivity contribution in [2.45, 2.75) is 12.5 Å². The summed E-state index contributed by atoms with van der Waals surface area (Å²) in [4.78, 5) is 13.0. The van der Waals surface area contributed by atoms with Gasteiger partial charge in [0.1, 0.15) is 0 Å². The molecule has 0 saturated carbocycles. The Morgan fingerprint density at radius 2 is 2.20 bits per heavy atom. The van der Waals surface area contributed by atoms with E-state index in [4.69, 9.17) is 5.73 Å². The molecule has 0 fully saturated rings. The fourth-order valence-electron chi connectivity index (χ4n) is 1.23. The van der Waals surface area contributed by atoms with Gasteiger partial charge in [0.05, 0.1) is 0 Å². The SMILES string of the molecule is CN(C)C(=O)CC(N)c1cccc(Br)c1. The van der Waals surface area contributed by atoms with Gasteiger partial charge in [0.2, 0.25) is 5.91 Å². The van der Waals surface area contributed by atoms with Crippen molar-refractivity contribution in [1.29, 1.82) is 0 Å². The van der Waals surface area contributed by atoms with Crippen LogP contribution >= 0.6 is 15.9 Å². The molecule has 0 aliphatic heterocycles. The Bertz CT molecular complexity index is 352. The van der Waals surface area contributed by atoms with Crippen LogP contribution < -0.4 is 5.73 Å². The minimum absolute atomic E-state index is 0.0440. The molecule has 15 heavy (non-hydrogen) atoms. The quantitative estimate of drug-likeness (QED) is 0.913. The third-order valence-corrected chi connectivity index (χ3v) is 2.66. The molecule has 1 amide bonds. The highest BCUT2D eigenvalue weighted by Crippen LogP contribution is 2.19. The molecule has 1 rings (SSSR count). The maximum absolute atomic E-state index is 11.4. The lowest BCUT2D eigenvalue weighted by Crippen LogP contribution is -2.26. The smallest absolute Gasteiger partial charge is 0.223 e. The molecule has 3 nitrogen and oxygen atoms in total. The van der Waals surface area contributed by atoms with Crippen molar-refractivity contribution in [2.24, 2.45) is 5.73 Å². The number of nitrogens with two attached hydrogens (primary N) is 1. The van der Waals surface area contributed by atoms with Gasteiger partial charge in [-0.2, -0.15) is 0 Å². The van der Waals surface area contributed by atoms with Gasteiger partial charge in [-0.3, -0.25) is 4.79 Å².